The largest absolute Gasteiger partial charge is 0.392 e. The maximum atomic E-state index is 12.4. The van der Waals surface area contributed by atoms with Crippen LogP contribution in [0.25, 0.3) is 0 Å². The van der Waals surface area contributed by atoms with E-state index in [4.69, 9.17) is 18.0 Å². The van der Waals surface area contributed by atoms with Crippen molar-refractivity contribution < 1.29 is 4.79 Å². The number of hydrogen-bond acceptors (Lipinski definition) is 2. The summed E-state index contributed by atoms with van der Waals surface area (Å²) in [7, 11) is 1.75. The van der Waals surface area contributed by atoms with E-state index < -0.39 is 0 Å². The highest BCUT2D eigenvalue weighted by molar-refractivity contribution is 7.80. The second-order valence-electron chi connectivity index (χ2n) is 4.40. The van der Waals surface area contributed by atoms with Gasteiger partial charge in [0.05, 0.1) is 16.9 Å². The summed E-state index contributed by atoms with van der Waals surface area (Å²) in [5, 5.41) is 0. The number of hydrogen-bond donors (Lipinski definition) is 1. The predicted octanol–water partition coefficient (Wildman–Crippen LogP) is 2.31. The molecule has 0 saturated heterocycles. The Bertz CT molecular complexity index is 419. The van der Waals surface area contributed by atoms with Gasteiger partial charge >= 0.3 is 0 Å². The monoisotopic (exact) mass is 264 g/mol. The van der Waals surface area contributed by atoms with Gasteiger partial charge in [-0.05, 0) is 18.9 Å². The van der Waals surface area contributed by atoms with E-state index in [1.807, 2.05) is 44.2 Å². The lowest BCUT2D eigenvalue weighted by Crippen LogP contribution is -2.44. The molecule has 0 aliphatic heterocycles. The molecule has 0 fully saturated rings. The minimum atomic E-state index is -0.217. The summed E-state index contributed by atoms with van der Waals surface area (Å²) < 4.78 is 0. The van der Waals surface area contributed by atoms with Crippen molar-refractivity contribution in [1.82, 2.24) is 4.90 Å². The topological polar surface area (TPSA) is 46.3 Å². The molecule has 0 aliphatic rings. The Morgan fingerprint density at radius 2 is 1.94 bits per heavy atom. The summed E-state index contributed by atoms with van der Waals surface area (Å²) in [6, 6.07) is 9.58. The summed E-state index contributed by atoms with van der Waals surface area (Å²) in [5.74, 6) is -0.0722. The second-order valence-corrected chi connectivity index (χ2v) is 4.87. The van der Waals surface area contributed by atoms with Gasteiger partial charge in [-0.15, -0.1) is 0 Å². The minimum absolute atomic E-state index is 0.0593. The molecule has 2 unspecified atom stereocenters. The summed E-state index contributed by atoms with van der Waals surface area (Å²) in [6.45, 7) is 3.85. The Kier molecular flexibility index (Phi) is 5.28. The quantitative estimate of drug-likeness (QED) is 0.830. The lowest BCUT2D eigenvalue weighted by Gasteiger charge is -2.28. The first-order chi connectivity index (χ1) is 8.49. The van der Waals surface area contributed by atoms with Gasteiger partial charge in [-0.25, -0.2) is 0 Å². The zero-order valence-corrected chi connectivity index (χ0v) is 11.9. The fourth-order valence-electron chi connectivity index (χ4n) is 1.87. The number of benzene rings is 1. The molecular weight excluding hydrogens is 244 g/mol. The number of thiocarbonyl (C=S) groups is 1. The number of rotatable bonds is 5. The lowest BCUT2D eigenvalue weighted by molar-refractivity contribution is -0.132. The number of amides is 1. The van der Waals surface area contributed by atoms with Crippen molar-refractivity contribution in [3.05, 3.63) is 35.9 Å². The average molecular weight is 264 g/mol. The zero-order chi connectivity index (χ0) is 13.7. The minimum Gasteiger partial charge on any atom is -0.392 e. The molecule has 1 aromatic rings. The van der Waals surface area contributed by atoms with Gasteiger partial charge in [0, 0.05) is 7.05 Å². The van der Waals surface area contributed by atoms with Crippen molar-refractivity contribution >= 4 is 23.1 Å². The highest BCUT2D eigenvalue weighted by Gasteiger charge is 2.25. The van der Waals surface area contributed by atoms with Crippen molar-refractivity contribution in [3.8, 4) is 0 Å². The number of carbonyl (C=O) groups is 1. The van der Waals surface area contributed by atoms with Crippen molar-refractivity contribution in [2.45, 2.75) is 32.2 Å². The van der Waals surface area contributed by atoms with Crippen LogP contribution in [0.1, 0.15) is 31.7 Å². The molecule has 0 heterocycles. The molecule has 4 heteroatoms. The van der Waals surface area contributed by atoms with Gasteiger partial charge in [-0.3, -0.25) is 4.79 Å². The molecule has 1 amide bonds. The molecule has 0 aliphatic carbocycles. The van der Waals surface area contributed by atoms with Gasteiger partial charge in [0.2, 0.25) is 5.91 Å². The third-order valence-electron chi connectivity index (χ3n) is 3.25. The normalized spacial score (nSPS) is 13.7. The van der Waals surface area contributed by atoms with Gasteiger partial charge in [-0.1, -0.05) is 49.5 Å². The van der Waals surface area contributed by atoms with Crippen LogP contribution in [0.2, 0.25) is 0 Å². The number of nitrogens with zero attached hydrogens (tertiary/aromatic N) is 1. The van der Waals surface area contributed by atoms with Crippen molar-refractivity contribution in [2.24, 2.45) is 5.73 Å². The van der Waals surface area contributed by atoms with Crippen molar-refractivity contribution in [2.75, 3.05) is 7.05 Å². The lowest BCUT2D eigenvalue weighted by atomic mass is 9.95. The predicted molar refractivity (Wildman–Crippen MR) is 78.5 cm³/mol. The maximum absolute atomic E-state index is 12.4. The van der Waals surface area contributed by atoms with E-state index in [2.05, 4.69) is 0 Å². The van der Waals surface area contributed by atoms with Crippen LogP contribution < -0.4 is 5.73 Å². The van der Waals surface area contributed by atoms with E-state index in [0.29, 0.717) is 4.99 Å². The van der Waals surface area contributed by atoms with Crippen LogP contribution in [0.5, 0.6) is 0 Å². The Balaban J connectivity index is 2.90. The smallest absolute Gasteiger partial charge is 0.230 e. The first kappa shape index (κ1) is 14.6. The molecule has 0 radical (unpaired) electrons. The van der Waals surface area contributed by atoms with Crippen LogP contribution in [0.3, 0.4) is 0 Å². The molecule has 3 nitrogen and oxygen atoms in total. The van der Waals surface area contributed by atoms with Gasteiger partial charge < -0.3 is 10.6 Å². The van der Waals surface area contributed by atoms with Crippen LogP contribution in [0.15, 0.2) is 30.3 Å². The molecule has 2 atom stereocenters. The van der Waals surface area contributed by atoms with Crippen molar-refractivity contribution in [1.29, 1.82) is 0 Å². The Morgan fingerprint density at radius 3 is 2.39 bits per heavy atom. The highest BCUT2D eigenvalue weighted by atomic mass is 32.1. The third-order valence-corrected chi connectivity index (χ3v) is 3.59. The summed E-state index contributed by atoms with van der Waals surface area (Å²) in [5.41, 5.74) is 6.63. The Morgan fingerprint density at radius 1 is 1.39 bits per heavy atom. The Labute approximate surface area is 114 Å². The van der Waals surface area contributed by atoms with E-state index in [1.165, 1.54) is 0 Å². The summed E-state index contributed by atoms with van der Waals surface area (Å²) in [6.07, 6.45) is 0.761. The standard InChI is InChI=1S/C14H20N2OS/c1-4-12(11-8-6-5-7-9-11)14(17)16(3)10(2)13(15)18/h5-10,12H,4H2,1-3H3,(H2,15,18). The van der Waals surface area contributed by atoms with Gasteiger partial charge in [-0.2, -0.15) is 0 Å². The van der Waals surface area contributed by atoms with E-state index in [-0.39, 0.29) is 17.9 Å². The number of likely N-dealkylation sites (N-methyl/N-ethyl adjacent to an activating group) is 1. The summed E-state index contributed by atoms with van der Waals surface area (Å²) in [4.78, 5) is 14.4. The fourth-order valence-corrected chi connectivity index (χ4v) is 2.02. The van der Waals surface area contributed by atoms with Crippen LogP contribution >= 0.6 is 12.2 Å². The molecule has 1 rings (SSSR count). The first-order valence-electron chi connectivity index (χ1n) is 6.10. The zero-order valence-electron chi connectivity index (χ0n) is 11.1. The van der Waals surface area contributed by atoms with Gasteiger partial charge in [0.25, 0.3) is 0 Å². The maximum Gasteiger partial charge on any atom is 0.230 e. The van der Waals surface area contributed by atoms with E-state index >= 15 is 0 Å². The average Bonchev–Trinajstić information content (AvgIpc) is 2.38. The molecule has 98 valence electrons. The number of carbonyl (C=O) groups excluding carboxylic acids is 1. The van der Waals surface area contributed by atoms with E-state index in [1.54, 1.807) is 11.9 Å². The first-order valence-corrected chi connectivity index (χ1v) is 6.50. The molecule has 0 bridgehead atoms. The SMILES string of the molecule is CCC(C(=O)N(C)C(C)C(N)=S)c1ccccc1. The molecule has 1 aromatic carbocycles. The number of nitrogens with two attached hydrogens (primary N) is 1. The highest BCUT2D eigenvalue weighted by Crippen LogP contribution is 2.22. The van der Waals surface area contributed by atoms with Gasteiger partial charge in [0.1, 0.15) is 0 Å². The van der Waals surface area contributed by atoms with Gasteiger partial charge in [0.15, 0.2) is 0 Å². The molecule has 0 saturated carbocycles. The Hall–Kier alpha value is -1.42. The fraction of sp³-hybridized carbons (Fsp3) is 0.429. The van der Waals surface area contributed by atoms with E-state index in [9.17, 15) is 4.79 Å². The van der Waals surface area contributed by atoms with Crippen LogP contribution in [-0.2, 0) is 4.79 Å². The molecule has 18 heavy (non-hydrogen) atoms. The third kappa shape index (κ3) is 3.29. The van der Waals surface area contributed by atoms with Crippen molar-refractivity contribution in [3.63, 3.8) is 0 Å². The van der Waals surface area contributed by atoms with E-state index in [0.717, 1.165) is 12.0 Å². The van der Waals surface area contributed by atoms with Crippen LogP contribution in [0, 0.1) is 0 Å². The summed E-state index contributed by atoms with van der Waals surface area (Å²) >= 11 is 4.94. The molecular formula is C14H20N2OS. The second kappa shape index (κ2) is 6.50. The van der Waals surface area contributed by atoms with Crippen LogP contribution in [-0.4, -0.2) is 28.9 Å². The molecule has 2 N–H and O–H groups in total. The molecule has 0 spiro atoms. The van der Waals surface area contributed by atoms with Crippen LogP contribution in [0.4, 0.5) is 0 Å². The molecule has 0 aromatic heterocycles.